The van der Waals surface area contributed by atoms with Crippen LogP contribution in [-0.4, -0.2) is 73.8 Å². The van der Waals surface area contributed by atoms with Crippen LogP contribution < -0.4 is 5.73 Å². The zero-order valence-corrected chi connectivity index (χ0v) is 17.6. The van der Waals surface area contributed by atoms with Crippen LogP contribution in [0.15, 0.2) is 30.6 Å². The van der Waals surface area contributed by atoms with Crippen LogP contribution in [0.1, 0.15) is 25.7 Å². The molecular formula is C22H29N7O2. The normalized spacial score (nSPS) is 28.6. The van der Waals surface area contributed by atoms with E-state index < -0.39 is 0 Å². The monoisotopic (exact) mass is 423 g/mol. The van der Waals surface area contributed by atoms with E-state index in [0.29, 0.717) is 37.9 Å². The van der Waals surface area contributed by atoms with Crippen molar-refractivity contribution in [3.8, 4) is 11.4 Å². The van der Waals surface area contributed by atoms with Gasteiger partial charge < -0.3 is 10.6 Å². The number of primary amides is 1. The molecule has 1 unspecified atom stereocenters. The van der Waals surface area contributed by atoms with Gasteiger partial charge in [-0.25, -0.2) is 0 Å². The molecule has 6 heterocycles. The molecule has 0 saturated carbocycles. The van der Waals surface area contributed by atoms with E-state index in [2.05, 4.69) is 20.2 Å². The van der Waals surface area contributed by atoms with E-state index in [0.717, 1.165) is 43.9 Å². The average molecular weight is 424 g/mol. The number of amides is 2. The lowest BCUT2D eigenvalue weighted by atomic mass is 9.74. The highest BCUT2D eigenvalue weighted by Crippen LogP contribution is 2.38. The fraction of sp³-hybridized carbons (Fsp3) is 0.591. The van der Waals surface area contributed by atoms with E-state index in [1.165, 1.54) is 0 Å². The predicted octanol–water partition coefficient (Wildman–Crippen LogP) is 0.774. The number of rotatable bonds is 5. The van der Waals surface area contributed by atoms with E-state index >= 15 is 0 Å². The molecule has 2 bridgehead atoms. The van der Waals surface area contributed by atoms with Crippen molar-refractivity contribution in [2.24, 2.45) is 23.5 Å². The molecule has 2 aromatic heterocycles. The smallest absolute Gasteiger partial charge is 0.227 e. The molecule has 4 aliphatic rings. The Morgan fingerprint density at radius 3 is 2.61 bits per heavy atom. The van der Waals surface area contributed by atoms with Crippen LogP contribution in [0.3, 0.4) is 0 Å². The number of fused-ring (bicyclic) bond motifs is 3. The number of hydrogen-bond donors (Lipinski definition) is 1. The Labute approximate surface area is 181 Å². The third-order valence-electron chi connectivity index (χ3n) is 7.27. The van der Waals surface area contributed by atoms with E-state index in [-0.39, 0.29) is 23.7 Å². The van der Waals surface area contributed by atoms with Crippen LogP contribution in [0.4, 0.5) is 0 Å². The Morgan fingerprint density at radius 2 is 1.94 bits per heavy atom. The van der Waals surface area contributed by atoms with Crippen LogP contribution >= 0.6 is 0 Å². The Hall–Kier alpha value is -2.81. The van der Waals surface area contributed by atoms with Gasteiger partial charge in [-0.3, -0.25) is 24.2 Å². The highest BCUT2D eigenvalue weighted by molar-refractivity contribution is 5.81. The minimum Gasteiger partial charge on any atom is -0.369 e. The highest BCUT2D eigenvalue weighted by Gasteiger charge is 2.45. The van der Waals surface area contributed by atoms with Crippen LogP contribution in [0.2, 0.25) is 0 Å². The van der Waals surface area contributed by atoms with Gasteiger partial charge in [-0.1, -0.05) is 11.3 Å². The number of nitrogens with two attached hydrogens (primary N) is 1. The molecule has 9 nitrogen and oxygen atoms in total. The number of aromatic nitrogens is 4. The zero-order valence-electron chi connectivity index (χ0n) is 17.6. The SMILES string of the molecule is NC(=O)C1CCN(C(=O)[C@H]2CN3CC[C@H]2C[C@@H]3Cn2cc(-c3ccccn3)nn2)CC1. The maximum absolute atomic E-state index is 13.2. The standard InChI is InChI=1S/C22H29N7O2/c23-21(30)15-4-8-27(9-5-15)22(31)18-13-28-10-6-16(18)11-17(28)12-29-14-20(25-26-29)19-3-1-2-7-24-19/h1-3,7,14-18H,4-6,8-13H2,(H2,23,30)/t16-,17+,18-/m0/s1. The number of nitrogens with zero attached hydrogens (tertiary/aromatic N) is 6. The number of likely N-dealkylation sites (tertiary alicyclic amines) is 1. The Balaban J connectivity index is 1.19. The number of carbonyl (C=O) groups is 2. The summed E-state index contributed by atoms with van der Waals surface area (Å²) in [4.78, 5) is 33.3. The molecule has 6 rings (SSSR count). The highest BCUT2D eigenvalue weighted by atomic mass is 16.2. The maximum Gasteiger partial charge on any atom is 0.227 e. The molecule has 0 radical (unpaired) electrons. The predicted molar refractivity (Wildman–Crippen MR) is 113 cm³/mol. The van der Waals surface area contributed by atoms with Crippen molar-refractivity contribution in [3.63, 3.8) is 0 Å². The fourth-order valence-corrected chi connectivity index (χ4v) is 5.46. The van der Waals surface area contributed by atoms with Crippen molar-refractivity contribution in [1.29, 1.82) is 0 Å². The summed E-state index contributed by atoms with van der Waals surface area (Å²) in [7, 11) is 0. The third-order valence-corrected chi connectivity index (χ3v) is 7.27. The van der Waals surface area contributed by atoms with Gasteiger partial charge in [0.15, 0.2) is 0 Å². The number of carbonyl (C=O) groups excluding carboxylic acids is 2. The second kappa shape index (κ2) is 8.37. The largest absolute Gasteiger partial charge is 0.369 e. The van der Waals surface area contributed by atoms with Crippen molar-refractivity contribution in [3.05, 3.63) is 30.6 Å². The van der Waals surface area contributed by atoms with Crippen molar-refractivity contribution >= 4 is 11.8 Å². The molecule has 0 aromatic carbocycles. The summed E-state index contributed by atoms with van der Waals surface area (Å²) < 4.78 is 1.90. The van der Waals surface area contributed by atoms with E-state index in [4.69, 9.17) is 5.73 Å². The quantitative estimate of drug-likeness (QED) is 0.761. The number of pyridine rings is 1. The average Bonchev–Trinajstić information content (AvgIpc) is 3.28. The van der Waals surface area contributed by atoms with Crippen molar-refractivity contribution in [1.82, 2.24) is 29.8 Å². The van der Waals surface area contributed by atoms with Gasteiger partial charge in [0.2, 0.25) is 11.8 Å². The number of hydrogen-bond acceptors (Lipinski definition) is 6. The van der Waals surface area contributed by atoms with Gasteiger partial charge in [-0.05, 0) is 50.3 Å². The van der Waals surface area contributed by atoms with E-state index in [9.17, 15) is 9.59 Å². The molecule has 0 aliphatic carbocycles. The minimum absolute atomic E-state index is 0.0648. The molecule has 2 aromatic rings. The summed E-state index contributed by atoms with van der Waals surface area (Å²) in [6.07, 6.45) is 7.17. The molecule has 4 atom stereocenters. The van der Waals surface area contributed by atoms with Crippen LogP contribution in [0, 0.1) is 17.8 Å². The first-order valence-electron chi connectivity index (χ1n) is 11.2. The molecular weight excluding hydrogens is 394 g/mol. The number of piperidine rings is 4. The van der Waals surface area contributed by atoms with Crippen molar-refractivity contribution in [2.75, 3.05) is 26.2 Å². The second-order valence-electron chi connectivity index (χ2n) is 9.08. The molecule has 2 N–H and O–H groups in total. The van der Waals surface area contributed by atoms with E-state index in [1.54, 1.807) is 6.20 Å². The van der Waals surface area contributed by atoms with Gasteiger partial charge in [0.1, 0.15) is 5.69 Å². The minimum atomic E-state index is -0.239. The lowest BCUT2D eigenvalue weighted by Gasteiger charge is -2.50. The molecule has 2 amide bonds. The van der Waals surface area contributed by atoms with E-state index in [1.807, 2.05) is 34.0 Å². The molecule has 31 heavy (non-hydrogen) atoms. The summed E-state index contributed by atoms with van der Waals surface area (Å²) in [5, 5.41) is 8.58. The van der Waals surface area contributed by atoms with Crippen molar-refractivity contribution in [2.45, 2.75) is 38.3 Å². The maximum atomic E-state index is 13.2. The summed E-state index contributed by atoms with van der Waals surface area (Å²) in [6, 6.07) is 6.14. The lowest BCUT2D eigenvalue weighted by molar-refractivity contribution is -0.146. The molecule has 9 heteroatoms. The summed E-state index contributed by atoms with van der Waals surface area (Å²) >= 11 is 0. The molecule has 4 aliphatic heterocycles. The fourth-order valence-electron chi connectivity index (χ4n) is 5.46. The lowest BCUT2D eigenvalue weighted by Crippen LogP contribution is -2.59. The topological polar surface area (TPSA) is 110 Å². The Kier molecular flexibility index (Phi) is 5.43. The van der Waals surface area contributed by atoms with Crippen LogP contribution in [-0.2, 0) is 16.1 Å². The Bertz CT molecular complexity index is 938. The van der Waals surface area contributed by atoms with Crippen LogP contribution in [0.5, 0.6) is 0 Å². The second-order valence-corrected chi connectivity index (χ2v) is 9.08. The first-order valence-corrected chi connectivity index (χ1v) is 11.2. The van der Waals surface area contributed by atoms with Gasteiger partial charge in [-0.2, -0.15) is 0 Å². The third kappa shape index (κ3) is 4.06. The molecule has 0 spiro atoms. The van der Waals surface area contributed by atoms with Gasteiger partial charge in [-0.15, -0.1) is 5.10 Å². The zero-order chi connectivity index (χ0) is 21.4. The Morgan fingerprint density at radius 1 is 1.10 bits per heavy atom. The van der Waals surface area contributed by atoms with Crippen LogP contribution in [0.25, 0.3) is 11.4 Å². The molecule has 164 valence electrons. The first kappa shape index (κ1) is 20.1. The summed E-state index contributed by atoms with van der Waals surface area (Å²) in [5.74, 6) is 0.412. The molecule has 4 fully saturated rings. The summed E-state index contributed by atoms with van der Waals surface area (Å²) in [5.41, 5.74) is 7.04. The van der Waals surface area contributed by atoms with Gasteiger partial charge in [0.25, 0.3) is 0 Å². The summed E-state index contributed by atoms with van der Waals surface area (Å²) in [6.45, 7) is 3.92. The molecule has 4 saturated heterocycles. The van der Waals surface area contributed by atoms with Gasteiger partial charge in [0.05, 0.1) is 24.4 Å². The van der Waals surface area contributed by atoms with Crippen molar-refractivity contribution < 1.29 is 9.59 Å². The van der Waals surface area contributed by atoms with Gasteiger partial charge in [0, 0.05) is 37.8 Å². The van der Waals surface area contributed by atoms with Gasteiger partial charge >= 0.3 is 0 Å². The first-order chi connectivity index (χ1) is 15.1.